The van der Waals surface area contributed by atoms with Gasteiger partial charge in [-0.25, -0.2) is 9.97 Å². The van der Waals surface area contributed by atoms with Gasteiger partial charge in [0, 0.05) is 31.3 Å². The number of benzene rings is 6. The molecule has 8 rings (SSSR count). The monoisotopic (exact) mass is 514 g/mol. The van der Waals surface area contributed by atoms with Crippen LogP contribution in [-0.4, -0.2) is 9.97 Å². The molecule has 0 bridgehead atoms. The van der Waals surface area contributed by atoms with Crippen LogP contribution in [0.3, 0.4) is 0 Å². The van der Waals surface area contributed by atoms with E-state index in [1.165, 1.54) is 42.1 Å². The van der Waals surface area contributed by atoms with Gasteiger partial charge in [-0.05, 0) is 58.3 Å². The van der Waals surface area contributed by atoms with Gasteiger partial charge in [0.05, 0.1) is 22.4 Å². The van der Waals surface area contributed by atoms with Crippen LogP contribution >= 0.6 is 11.3 Å². The first-order chi connectivity index (χ1) is 19.3. The SMILES string of the molecule is c1ccc(-c2cccc(-c3nc4ccccc4nc3-c3cccc4cc5sc6ccccc6c5cc34)c2)cc1. The maximum Gasteiger partial charge on any atom is 0.0979 e. The summed E-state index contributed by atoms with van der Waals surface area (Å²) < 4.78 is 2.62. The molecule has 0 spiro atoms. The summed E-state index contributed by atoms with van der Waals surface area (Å²) in [6, 6.07) is 47.1. The van der Waals surface area contributed by atoms with Gasteiger partial charge in [0.15, 0.2) is 0 Å². The number of para-hydroxylation sites is 2. The van der Waals surface area contributed by atoms with Gasteiger partial charge < -0.3 is 0 Å². The third kappa shape index (κ3) is 3.70. The summed E-state index contributed by atoms with van der Waals surface area (Å²) in [6.07, 6.45) is 0. The fraction of sp³-hybridized carbons (Fsp3) is 0. The molecule has 0 fully saturated rings. The van der Waals surface area contributed by atoms with E-state index in [9.17, 15) is 0 Å². The highest BCUT2D eigenvalue weighted by atomic mass is 32.1. The van der Waals surface area contributed by atoms with Gasteiger partial charge in [-0.1, -0.05) is 97.1 Å². The first-order valence-electron chi connectivity index (χ1n) is 13.1. The van der Waals surface area contributed by atoms with E-state index < -0.39 is 0 Å². The molecule has 2 heterocycles. The molecule has 2 nitrogen and oxygen atoms in total. The van der Waals surface area contributed by atoms with Crippen molar-refractivity contribution in [3.63, 3.8) is 0 Å². The quantitative estimate of drug-likeness (QED) is 0.234. The van der Waals surface area contributed by atoms with E-state index in [4.69, 9.17) is 9.97 Å². The standard InChI is InChI=1S/C36H22N2S/c1-2-10-23(11-3-1)24-12-8-14-26(20-24)35-36(38-32-18-6-5-17-31(32)37-35)28-16-9-13-25-21-34-30(22-29(25)28)27-15-4-7-19-33(27)39-34/h1-22H. The fourth-order valence-corrected chi connectivity index (χ4v) is 6.70. The lowest BCUT2D eigenvalue weighted by Gasteiger charge is -2.14. The lowest BCUT2D eigenvalue weighted by Crippen LogP contribution is -1.96. The molecule has 0 atom stereocenters. The fourth-order valence-electron chi connectivity index (χ4n) is 5.57. The van der Waals surface area contributed by atoms with Crippen LogP contribution in [0.2, 0.25) is 0 Å². The molecule has 0 aliphatic rings. The van der Waals surface area contributed by atoms with Crippen LogP contribution in [-0.2, 0) is 0 Å². The molecule has 0 aliphatic carbocycles. The normalized spacial score (nSPS) is 11.6. The molecule has 2 aromatic heterocycles. The van der Waals surface area contributed by atoms with Crippen LogP contribution in [0.1, 0.15) is 0 Å². The zero-order valence-corrected chi connectivity index (χ0v) is 21.8. The number of aromatic nitrogens is 2. The summed E-state index contributed by atoms with van der Waals surface area (Å²) in [5.41, 5.74) is 8.11. The van der Waals surface area contributed by atoms with E-state index in [-0.39, 0.29) is 0 Å². The minimum atomic E-state index is 0.896. The van der Waals surface area contributed by atoms with E-state index in [1.54, 1.807) is 0 Å². The second-order valence-corrected chi connectivity index (χ2v) is 10.9. The Morgan fingerprint density at radius 1 is 0.410 bits per heavy atom. The summed E-state index contributed by atoms with van der Waals surface area (Å²) in [7, 11) is 0. The highest BCUT2D eigenvalue weighted by Gasteiger charge is 2.17. The third-order valence-electron chi connectivity index (χ3n) is 7.45. The number of thiophene rings is 1. The molecule has 3 heteroatoms. The van der Waals surface area contributed by atoms with Crippen molar-refractivity contribution in [2.45, 2.75) is 0 Å². The summed E-state index contributed by atoms with van der Waals surface area (Å²) >= 11 is 1.85. The van der Waals surface area contributed by atoms with Gasteiger partial charge in [0.25, 0.3) is 0 Å². The molecular formula is C36H22N2S. The van der Waals surface area contributed by atoms with E-state index in [0.29, 0.717) is 0 Å². The van der Waals surface area contributed by atoms with Crippen LogP contribution < -0.4 is 0 Å². The van der Waals surface area contributed by atoms with Crippen LogP contribution in [0, 0.1) is 0 Å². The van der Waals surface area contributed by atoms with Gasteiger partial charge in [-0.2, -0.15) is 0 Å². The largest absolute Gasteiger partial charge is 0.244 e. The summed E-state index contributed by atoms with van der Waals surface area (Å²) in [5, 5.41) is 5.00. The predicted octanol–water partition coefficient (Wildman–Crippen LogP) is 10.2. The maximum absolute atomic E-state index is 5.24. The summed E-state index contributed by atoms with van der Waals surface area (Å²) in [4.78, 5) is 10.4. The second-order valence-electron chi connectivity index (χ2n) is 9.83. The number of rotatable bonds is 3. The van der Waals surface area contributed by atoms with E-state index in [2.05, 4.69) is 109 Å². The van der Waals surface area contributed by atoms with E-state index in [1.807, 2.05) is 35.6 Å². The Hall–Kier alpha value is -4.86. The Morgan fingerprint density at radius 3 is 1.97 bits per heavy atom. The van der Waals surface area contributed by atoms with Crippen molar-refractivity contribution in [3.05, 3.63) is 133 Å². The number of hydrogen-bond donors (Lipinski definition) is 0. The van der Waals surface area contributed by atoms with Crippen molar-refractivity contribution in [2.24, 2.45) is 0 Å². The van der Waals surface area contributed by atoms with Crippen molar-refractivity contribution in [1.29, 1.82) is 0 Å². The highest BCUT2D eigenvalue weighted by molar-refractivity contribution is 7.25. The first kappa shape index (κ1) is 22.2. The van der Waals surface area contributed by atoms with Crippen molar-refractivity contribution in [1.82, 2.24) is 9.97 Å². The number of nitrogens with zero attached hydrogens (tertiary/aromatic N) is 2. The summed E-state index contributed by atoms with van der Waals surface area (Å²) in [6.45, 7) is 0. The average molecular weight is 515 g/mol. The Morgan fingerprint density at radius 2 is 1.10 bits per heavy atom. The zero-order valence-electron chi connectivity index (χ0n) is 21.0. The second kappa shape index (κ2) is 8.87. The molecule has 0 unspecified atom stereocenters. The molecule has 6 aromatic carbocycles. The van der Waals surface area contributed by atoms with Crippen molar-refractivity contribution in [3.8, 4) is 33.6 Å². The number of fused-ring (bicyclic) bond motifs is 5. The lowest BCUT2D eigenvalue weighted by atomic mass is 9.95. The Kier molecular flexibility index (Phi) is 5.04. The topological polar surface area (TPSA) is 25.8 Å². The maximum atomic E-state index is 5.24. The highest BCUT2D eigenvalue weighted by Crippen LogP contribution is 2.41. The molecule has 182 valence electrons. The van der Waals surface area contributed by atoms with Crippen LogP contribution in [0.25, 0.3) is 75.6 Å². The molecular weight excluding hydrogens is 492 g/mol. The number of hydrogen-bond acceptors (Lipinski definition) is 3. The first-order valence-corrected chi connectivity index (χ1v) is 13.9. The van der Waals surface area contributed by atoms with E-state index >= 15 is 0 Å². The Bertz CT molecular complexity index is 2180. The predicted molar refractivity (Wildman–Crippen MR) is 166 cm³/mol. The van der Waals surface area contributed by atoms with Gasteiger partial charge in [-0.3, -0.25) is 0 Å². The van der Waals surface area contributed by atoms with Gasteiger partial charge in [-0.15, -0.1) is 11.3 Å². The molecule has 0 aliphatic heterocycles. The molecule has 0 radical (unpaired) electrons. The smallest absolute Gasteiger partial charge is 0.0979 e. The zero-order chi connectivity index (χ0) is 25.8. The van der Waals surface area contributed by atoms with E-state index in [0.717, 1.165) is 33.5 Å². The molecule has 0 saturated carbocycles. The Balaban J connectivity index is 1.42. The van der Waals surface area contributed by atoms with Gasteiger partial charge in [0.1, 0.15) is 0 Å². The van der Waals surface area contributed by atoms with Crippen LogP contribution in [0.4, 0.5) is 0 Å². The molecule has 39 heavy (non-hydrogen) atoms. The van der Waals surface area contributed by atoms with Crippen LogP contribution in [0.15, 0.2) is 133 Å². The van der Waals surface area contributed by atoms with Crippen molar-refractivity contribution >= 4 is 53.3 Å². The van der Waals surface area contributed by atoms with Crippen molar-refractivity contribution in [2.75, 3.05) is 0 Å². The van der Waals surface area contributed by atoms with Crippen molar-refractivity contribution < 1.29 is 0 Å². The average Bonchev–Trinajstić information content (AvgIpc) is 3.37. The van der Waals surface area contributed by atoms with Gasteiger partial charge in [0.2, 0.25) is 0 Å². The lowest BCUT2D eigenvalue weighted by molar-refractivity contribution is 1.30. The summed E-state index contributed by atoms with van der Waals surface area (Å²) in [5.74, 6) is 0. The van der Waals surface area contributed by atoms with Crippen LogP contribution in [0.5, 0.6) is 0 Å². The molecule has 0 N–H and O–H groups in total. The molecule has 8 aromatic rings. The minimum absolute atomic E-state index is 0.896. The van der Waals surface area contributed by atoms with Gasteiger partial charge >= 0.3 is 0 Å². The molecule has 0 amide bonds. The molecule has 0 saturated heterocycles. The minimum Gasteiger partial charge on any atom is -0.244 e. The third-order valence-corrected chi connectivity index (χ3v) is 8.58. The Labute approximate surface area is 229 Å².